The number of benzene rings is 2. The zero-order chi connectivity index (χ0) is 23.3. The highest BCUT2D eigenvalue weighted by Gasteiger charge is 2.35. The minimum absolute atomic E-state index is 0.121. The van der Waals surface area contributed by atoms with Crippen molar-refractivity contribution in [2.45, 2.75) is 6.92 Å². The molecule has 0 radical (unpaired) electrons. The predicted octanol–water partition coefficient (Wildman–Crippen LogP) is 1.09. The summed E-state index contributed by atoms with van der Waals surface area (Å²) < 4.78 is 6.41. The van der Waals surface area contributed by atoms with Crippen molar-refractivity contribution in [3.05, 3.63) is 69.0 Å². The fourth-order valence-electron chi connectivity index (χ4n) is 3.69. The number of nitrogens with zero attached hydrogens (tertiary/aromatic N) is 4. The van der Waals surface area contributed by atoms with Gasteiger partial charge in [-0.25, -0.2) is 0 Å². The molecule has 1 N–H and O–H groups in total. The average Bonchev–Trinajstić information content (AvgIpc) is 3.40. The maximum absolute atomic E-state index is 13.2. The van der Waals surface area contributed by atoms with Crippen molar-refractivity contribution < 1.29 is 24.2 Å². The van der Waals surface area contributed by atoms with Gasteiger partial charge in [-0.3, -0.25) is 24.1 Å². The summed E-state index contributed by atoms with van der Waals surface area (Å²) in [5.41, 5.74) is 0.914. The Morgan fingerprint density at radius 2 is 1.76 bits per heavy atom. The first-order chi connectivity index (χ1) is 15.8. The molecule has 2 aromatic carbocycles. The van der Waals surface area contributed by atoms with Crippen LogP contribution in [0.1, 0.15) is 12.5 Å². The number of rotatable bonds is 4. The minimum Gasteiger partial charge on any atom is -0.480 e. The van der Waals surface area contributed by atoms with Crippen LogP contribution in [0, 0.1) is 0 Å². The van der Waals surface area contributed by atoms with Gasteiger partial charge in [0.15, 0.2) is 5.82 Å². The van der Waals surface area contributed by atoms with Crippen LogP contribution in [-0.2, 0) is 14.4 Å². The van der Waals surface area contributed by atoms with Gasteiger partial charge < -0.3 is 9.84 Å². The van der Waals surface area contributed by atoms with E-state index in [-0.39, 0.29) is 26.6 Å². The maximum atomic E-state index is 13.2. The summed E-state index contributed by atoms with van der Waals surface area (Å²) in [5.74, 6) is -1.79. The van der Waals surface area contributed by atoms with Gasteiger partial charge >= 0.3 is 11.9 Å². The quantitative estimate of drug-likeness (QED) is 0.352. The molecule has 4 aromatic rings. The Balaban J connectivity index is 1.68. The number of hydrogen-bond donors (Lipinski definition) is 1. The molecule has 11 heteroatoms. The van der Waals surface area contributed by atoms with Crippen LogP contribution in [-0.4, -0.2) is 44.1 Å². The number of para-hydroxylation sites is 2. The van der Waals surface area contributed by atoms with Crippen LogP contribution in [0.4, 0.5) is 5.69 Å². The lowest BCUT2D eigenvalue weighted by molar-refractivity contribution is -0.136. The summed E-state index contributed by atoms with van der Waals surface area (Å²) in [7, 11) is 0. The number of anilines is 1. The summed E-state index contributed by atoms with van der Waals surface area (Å²) in [4.78, 5) is 54.7. The molecular formula is C22H14N4O6S. The molecule has 0 unspecified atom stereocenters. The molecule has 0 fully saturated rings. The van der Waals surface area contributed by atoms with E-state index in [2.05, 4.69) is 10.1 Å². The van der Waals surface area contributed by atoms with Crippen molar-refractivity contribution in [3.8, 4) is 17.1 Å². The van der Waals surface area contributed by atoms with Gasteiger partial charge in [0, 0.05) is 12.5 Å². The lowest BCUT2D eigenvalue weighted by atomic mass is 10.1. The smallest absolute Gasteiger partial charge is 0.323 e. The van der Waals surface area contributed by atoms with E-state index in [9.17, 15) is 24.3 Å². The summed E-state index contributed by atoms with van der Waals surface area (Å²) in [6.45, 7) is 0.755. The number of aliphatic carboxylic acids is 1. The van der Waals surface area contributed by atoms with Gasteiger partial charge in [-0.1, -0.05) is 41.7 Å². The van der Waals surface area contributed by atoms with E-state index in [0.717, 1.165) is 20.8 Å². The second-order valence-corrected chi connectivity index (χ2v) is 8.11. The Kier molecular flexibility index (Phi) is 4.75. The highest BCUT2D eigenvalue weighted by atomic mass is 32.1. The lowest BCUT2D eigenvalue weighted by Gasteiger charge is -2.13. The molecule has 2 aromatic heterocycles. The van der Waals surface area contributed by atoms with Gasteiger partial charge in [0.25, 0.3) is 11.5 Å². The molecule has 1 aliphatic heterocycles. The van der Waals surface area contributed by atoms with Crippen LogP contribution in [0.5, 0.6) is 5.75 Å². The average molecular weight is 462 g/mol. The molecule has 0 aliphatic carbocycles. The number of esters is 1. The lowest BCUT2D eigenvalue weighted by Crippen LogP contribution is -2.35. The standard InChI is InChI=1S/C22H14N4O6S/c1-11(27)32-15-9-5-3-7-13(15)19-23-22-26(24-19)21(31)18(33-22)17-12-6-2-4-8-14(12)25(20(17)30)10-16(28)29/h2-9H,10H2,1H3,(H,28,29). The number of hydrogen-bond acceptors (Lipinski definition) is 8. The molecule has 164 valence electrons. The van der Waals surface area contributed by atoms with E-state index in [1.54, 1.807) is 48.5 Å². The molecule has 0 saturated heterocycles. The van der Waals surface area contributed by atoms with Crippen molar-refractivity contribution in [2.75, 3.05) is 11.4 Å². The third-order valence-electron chi connectivity index (χ3n) is 4.98. The summed E-state index contributed by atoms with van der Waals surface area (Å²) in [6.07, 6.45) is 0. The molecule has 3 heterocycles. The van der Waals surface area contributed by atoms with Crippen LogP contribution >= 0.6 is 11.3 Å². The van der Waals surface area contributed by atoms with Gasteiger partial charge in [0.05, 0.1) is 16.8 Å². The van der Waals surface area contributed by atoms with Crippen LogP contribution in [0.15, 0.2) is 53.3 Å². The number of aromatic nitrogens is 3. The third kappa shape index (κ3) is 3.34. The van der Waals surface area contributed by atoms with E-state index >= 15 is 0 Å². The van der Waals surface area contributed by atoms with E-state index in [4.69, 9.17) is 4.74 Å². The molecule has 5 rings (SSSR count). The molecule has 10 nitrogen and oxygen atoms in total. The first-order valence-electron chi connectivity index (χ1n) is 9.70. The van der Waals surface area contributed by atoms with Crippen molar-refractivity contribution in [3.63, 3.8) is 0 Å². The summed E-state index contributed by atoms with van der Waals surface area (Å²) in [5, 5.41) is 13.5. The van der Waals surface area contributed by atoms with Crippen LogP contribution < -0.4 is 19.7 Å². The number of ether oxygens (including phenoxy) is 1. The topological polar surface area (TPSA) is 131 Å². The number of amides is 1. The first-order valence-corrected chi connectivity index (χ1v) is 10.5. The van der Waals surface area contributed by atoms with Gasteiger partial charge in [0.1, 0.15) is 16.8 Å². The molecule has 1 amide bonds. The Morgan fingerprint density at radius 3 is 2.45 bits per heavy atom. The molecule has 0 spiro atoms. The molecule has 0 atom stereocenters. The van der Waals surface area contributed by atoms with E-state index in [0.29, 0.717) is 16.8 Å². The fourth-order valence-corrected chi connectivity index (χ4v) is 4.68. The highest BCUT2D eigenvalue weighted by Crippen LogP contribution is 2.35. The molecule has 0 bridgehead atoms. The number of carbonyl (C=O) groups excluding carboxylic acids is 2. The molecular weight excluding hydrogens is 448 g/mol. The van der Waals surface area contributed by atoms with Gasteiger partial charge in [-0.2, -0.15) is 9.50 Å². The van der Waals surface area contributed by atoms with Gasteiger partial charge in [-0.15, -0.1) is 5.10 Å². The minimum atomic E-state index is -1.17. The van der Waals surface area contributed by atoms with E-state index in [1.165, 1.54) is 6.92 Å². The maximum Gasteiger partial charge on any atom is 0.323 e. The third-order valence-corrected chi connectivity index (χ3v) is 6.01. The normalized spacial score (nSPS) is 14.6. The molecule has 33 heavy (non-hydrogen) atoms. The second kappa shape index (κ2) is 7.64. The van der Waals surface area contributed by atoms with E-state index < -0.39 is 29.9 Å². The largest absolute Gasteiger partial charge is 0.480 e. The summed E-state index contributed by atoms with van der Waals surface area (Å²) >= 11 is 0.982. The SMILES string of the molecule is CC(=O)Oc1ccccc1-c1nc2sc(=C3C(=O)N(CC(=O)O)c4ccccc43)c(=O)n2n1. The van der Waals surface area contributed by atoms with E-state index in [1.807, 2.05) is 0 Å². The predicted molar refractivity (Wildman–Crippen MR) is 118 cm³/mol. The van der Waals surface area contributed by atoms with Crippen LogP contribution in [0.3, 0.4) is 0 Å². The Hall–Kier alpha value is -4.38. The van der Waals surface area contributed by atoms with Crippen LogP contribution in [0.2, 0.25) is 0 Å². The zero-order valence-corrected chi connectivity index (χ0v) is 17.8. The Bertz CT molecular complexity index is 1590. The number of carboxylic acid groups (broad SMARTS) is 1. The Morgan fingerprint density at radius 1 is 1.06 bits per heavy atom. The number of carboxylic acids is 1. The van der Waals surface area contributed by atoms with Gasteiger partial charge in [-0.05, 0) is 18.2 Å². The molecule has 1 aliphatic rings. The Labute approximate surface area is 189 Å². The second-order valence-electron chi connectivity index (χ2n) is 7.13. The molecule has 0 saturated carbocycles. The first kappa shape index (κ1) is 20.5. The summed E-state index contributed by atoms with van der Waals surface area (Å²) in [6, 6.07) is 13.4. The zero-order valence-electron chi connectivity index (χ0n) is 17.0. The number of fused-ring (bicyclic) bond motifs is 2. The van der Waals surface area contributed by atoms with Crippen molar-refractivity contribution >= 4 is 45.4 Å². The van der Waals surface area contributed by atoms with Gasteiger partial charge in [0.2, 0.25) is 4.96 Å². The van der Waals surface area contributed by atoms with Crippen molar-refractivity contribution in [1.82, 2.24) is 14.6 Å². The number of carbonyl (C=O) groups is 3. The highest BCUT2D eigenvalue weighted by molar-refractivity contribution is 7.15. The fraction of sp³-hybridized carbons (Fsp3) is 0.0909. The monoisotopic (exact) mass is 462 g/mol. The van der Waals surface area contributed by atoms with Crippen molar-refractivity contribution in [1.29, 1.82) is 0 Å². The number of thiazole rings is 1. The van der Waals surface area contributed by atoms with Crippen molar-refractivity contribution in [2.24, 2.45) is 0 Å². The van der Waals surface area contributed by atoms with Crippen LogP contribution in [0.25, 0.3) is 21.9 Å².